The summed E-state index contributed by atoms with van der Waals surface area (Å²) < 4.78 is 27.6. The van der Waals surface area contributed by atoms with Gasteiger partial charge >= 0.3 is 0 Å². The molecule has 1 aromatic heterocycles. The molecule has 6 nitrogen and oxygen atoms in total. The van der Waals surface area contributed by atoms with Crippen molar-refractivity contribution in [3.8, 4) is 0 Å². The molecular weight excluding hydrogens is 366 g/mol. The molecule has 0 bridgehead atoms. The molecule has 0 fully saturated rings. The molecule has 0 aliphatic heterocycles. The van der Waals surface area contributed by atoms with Gasteiger partial charge in [-0.05, 0) is 37.7 Å². The van der Waals surface area contributed by atoms with Crippen molar-refractivity contribution in [2.75, 3.05) is 11.9 Å². The van der Waals surface area contributed by atoms with E-state index in [0.29, 0.717) is 23.3 Å². The molecule has 0 radical (unpaired) electrons. The van der Waals surface area contributed by atoms with Crippen molar-refractivity contribution in [2.24, 2.45) is 0 Å². The highest BCUT2D eigenvalue weighted by molar-refractivity contribution is 5.94. The number of benzene rings is 2. The van der Waals surface area contributed by atoms with Crippen molar-refractivity contribution in [2.45, 2.75) is 26.4 Å². The Hall–Kier alpha value is -3.13. The Bertz CT molecular complexity index is 1050. The molecule has 1 unspecified atom stereocenters. The maximum atomic E-state index is 13.8. The largest absolute Gasteiger partial charge is 0.320 e. The number of amides is 1. The fourth-order valence-corrected chi connectivity index (χ4v) is 2.94. The summed E-state index contributed by atoms with van der Waals surface area (Å²) >= 11 is 0. The molecule has 28 heavy (non-hydrogen) atoms. The van der Waals surface area contributed by atoms with Gasteiger partial charge in [0, 0.05) is 0 Å². The van der Waals surface area contributed by atoms with Gasteiger partial charge in [-0.3, -0.25) is 14.5 Å². The van der Waals surface area contributed by atoms with Crippen molar-refractivity contribution in [1.29, 1.82) is 0 Å². The summed E-state index contributed by atoms with van der Waals surface area (Å²) in [6.07, 6.45) is 0. The lowest BCUT2D eigenvalue weighted by atomic mass is 10.2. The van der Waals surface area contributed by atoms with Crippen molar-refractivity contribution >= 4 is 22.5 Å². The van der Waals surface area contributed by atoms with Gasteiger partial charge in [-0.25, -0.2) is 13.8 Å². The average Bonchev–Trinajstić information content (AvgIpc) is 2.68. The molecule has 3 aromatic rings. The summed E-state index contributed by atoms with van der Waals surface area (Å²) in [6, 6.07) is 9.63. The molecule has 2 aromatic carbocycles. The van der Waals surface area contributed by atoms with Gasteiger partial charge < -0.3 is 10.3 Å². The molecule has 1 heterocycles. The molecule has 0 spiro atoms. The van der Waals surface area contributed by atoms with Crippen LogP contribution in [0.4, 0.5) is 14.5 Å². The summed E-state index contributed by atoms with van der Waals surface area (Å²) in [5, 5.41) is 2.78. The van der Waals surface area contributed by atoms with Gasteiger partial charge in [0.25, 0.3) is 5.56 Å². The zero-order valence-electron chi connectivity index (χ0n) is 15.5. The van der Waals surface area contributed by atoms with Gasteiger partial charge in [0.15, 0.2) is 0 Å². The Morgan fingerprint density at radius 2 is 1.86 bits per heavy atom. The topological polar surface area (TPSA) is 78.1 Å². The van der Waals surface area contributed by atoms with E-state index in [0.717, 1.165) is 12.1 Å². The van der Waals surface area contributed by atoms with Crippen molar-refractivity contribution in [1.82, 2.24) is 14.9 Å². The normalized spacial score (nSPS) is 12.3. The number of carbonyl (C=O) groups excluding carboxylic acids is 1. The van der Waals surface area contributed by atoms with Crippen LogP contribution >= 0.6 is 0 Å². The highest BCUT2D eigenvalue weighted by atomic mass is 19.1. The Morgan fingerprint density at radius 1 is 1.18 bits per heavy atom. The van der Waals surface area contributed by atoms with Crippen LogP contribution in [0, 0.1) is 11.6 Å². The van der Waals surface area contributed by atoms with Crippen LogP contribution in [0.25, 0.3) is 10.9 Å². The summed E-state index contributed by atoms with van der Waals surface area (Å²) in [4.78, 5) is 33.6. The van der Waals surface area contributed by atoms with Gasteiger partial charge in [-0.2, -0.15) is 0 Å². The van der Waals surface area contributed by atoms with Crippen LogP contribution in [-0.4, -0.2) is 33.4 Å². The van der Waals surface area contributed by atoms with Gasteiger partial charge in [0.2, 0.25) is 5.91 Å². The number of halogens is 2. The lowest BCUT2D eigenvalue weighted by molar-refractivity contribution is -0.121. The van der Waals surface area contributed by atoms with E-state index in [1.165, 1.54) is 6.07 Å². The molecule has 0 aliphatic rings. The molecule has 1 amide bonds. The first-order valence-corrected chi connectivity index (χ1v) is 8.87. The lowest BCUT2D eigenvalue weighted by Crippen LogP contribution is -2.42. The second-order valence-electron chi connectivity index (χ2n) is 6.35. The zero-order chi connectivity index (χ0) is 20.3. The molecule has 0 saturated heterocycles. The monoisotopic (exact) mass is 386 g/mol. The summed E-state index contributed by atoms with van der Waals surface area (Å²) in [7, 11) is 0. The summed E-state index contributed by atoms with van der Waals surface area (Å²) in [5.41, 5.74) is -0.183. The number of nitrogens with zero attached hydrogens (tertiary/aromatic N) is 2. The molecule has 2 N–H and O–H groups in total. The van der Waals surface area contributed by atoms with Gasteiger partial charge in [0.05, 0.1) is 23.5 Å². The van der Waals surface area contributed by atoms with Crippen LogP contribution in [0.2, 0.25) is 0 Å². The number of aromatic amines is 1. The Balaban J connectivity index is 1.79. The first kappa shape index (κ1) is 19.6. The number of carbonyl (C=O) groups is 1. The van der Waals surface area contributed by atoms with Crippen LogP contribution in [-0.2, 0) is 11.3 Å². The van der Waals surface area contributed by atoms with Crippen LogP contribution in [0.1, 0.15) is 19.7 Å². The highest BCUT2D eigenvalue weighted by Gasteiger charge is 2.23. The predicted octanol–water partition coefficient (Wildman–Crippen LogP) is 3.05. The van der Waals surface area contributed by atoms with E-state index in [4.69, 9.17) is 0 Å². The number of rotatable bonds is 6. The molecule has 146 valence electrons. The standard InChI is InChI=1S/C20H20F2N4O2/c1-3-26(11-17-23-16-10-5-4-7-13(16)20(28)24-17)12(2)19(27)25-18-14(21)8-6-9-15(18)22/h4-10,12H,3,11H2,1-2H3,(H,25,27)(H,23,24,28). The van der Waals surface area contributed by atoms with Crippen LogP contribution in [0.3, 0.4) is 0 Å². The van der Waals surface area contributed by atoms with E-state index in [9.17, 15) is 18.4 Å². The molecule has 1 atom stereocenters. The number of likely N-dealkylation sites (N-methyl/N-ethyl adjacent to an activating group) is 1. The Morgan fingerprint density at radius 3 is 2.54 bits per heavy atom. The average molecular weight is 386 g/mol. The van der Waals surface area contributed by atoms with Crippen LogP contribution in [0.15, 0.2) is 47.3 Å². The number of fused-ring (bicyclic) bond motifs is 1. The molecular formula is C20H20F2N4O2. The van der Waals surface area contributed by atoms with Gasteiger partial charge in [0.1, 0.15) is 23.1 Å². The van der Waals surface area contributed by atoms with E-state index in [2.05, 4.69) is 15.3 Å². The lowest BCUT2D eigenvalue weighted by Gasteiger charge is -2.26. The maximum absolute atomic E-state index is 13.8. The highest BCUT2D eigenvalue weighted by Crippen LogP contribution is 2.19. The number of anilines is 1. The fraction of sp³-hybridized carbons (Fsp3) is 0.250. The third-order valence-corrected chi connectivity index (χ3v) is 4.56. The van der Waals surface area contributed by atoms with Crippen LogP contribution in [0.5, 0.6) is 0 Å². The fourth-order valence-electron chi connectivity index (χ4n) is 2.94. The minimum Gasteiger partial charge on any atom is -0.320 e. The van der Waals surface area contributed by atoms with Crippen molar-refractivity contribution < 1.29 is 13.6 Å². The maximum Gasteiger partial charge on any atom is 0.258 e. The van der Waals surface area contributed by atoms with E-state index in [-0.39, 0.29) is 12.1 Å². The molecule has 8 heteroatoms. The quantitative estimate of drug-likeness (QED) is 0.683. The van der Waals surface area contributed by atoms with E-state index in [1.807, 2.05) is 6.92 Å². The number of aromatic nitrogens is 2. The minimum absolute atomic E-state index is 0.199. The number of hydrogen-bond donors (Lipinski definition) is 2. The Labute approximate surface area is 160 Å². The third kappa shape index (κ3) is 4.07. The number of H-pyrrole nitrogens is 1. The van der Waals surface area contributed by atoms with E-state index >= 15 is 0 Å². The molecule has 0 saturated carbocycles. The number of hydrogen-bond acceptors (Lipinski definition) is 4. The van der Waals surface area contributed by atoms with Gasteiger partial charge in [-0.1, -0.05) is 25.1 Å². The van der Waals surface area contributed by atoms with Gasteiger partial charge in [-0.15, -0.1) is 0 Å². The van der Waals surface area contributed by atoms with Crippen molar-refractivity contribution in [3.63, 3.8) is 0 Å². The summed E-state index contributed by atoms with van der Waals surface area (Å²) in [5.74, 6) is -1.84. The first-order valence-electron chi connectivity index (χ1n) is 8.87. The number of para-hydroxylation sites is 2. The smallest absolute Gasteiger partial charge is 0.258 e. The first-order chi connectivity index (χ1) is 13.4. The van der Waals surface area contributed by atoms with E-state index < -0.39 is 29.3 Å². The second kappa shape index (κ2) is 8.26. The summed E-state index contributed by atoms with van der Waals surface area (Å²) in [6.45, 7) is 4.12. The Kier molecular flexibility index (Phi) is 5.79. The third-order valence-electron chi connectivity index (χ3n) is 4.56. The second-order valence-corrected chi connectivity index (χ2v) is 6.35. The van der Waals surface area contributed by atoms with Crippen molar-refractivity contribution in [3.05, 3.63) is 70.3 Å². The zero-order valence-corrected chi connectivity index (χ0v) is 15.5. The predicted molar refractivity (Wildman–Crippen MR) is 103 cm³/mol. The van der Waals surface area contributed by atoms with Crippen LogP contribution < -0.4 is 10.9 Å². The number of nitrogens with one attached hydrogen (secondary N) is 2. The minimum atomic E-state index is -0.843. The van der Waals surface area contributed by atoms with E-state index in [1.54, 1.807) is 36.1 Å². The molecule has 3 rings (SSSR count). The molecule has 0 aliphatic carbocycles. The SMILES string of the molecule is CCN(Cc1nc2ccccc2c(=O)[nH]1)C(C)C(=O)Nc1c(F)cccc1F.